The lowest BCUT2D eigenvalue weighted by Crippen LogP contribution is -2.40. The first-order valence-electron chi connectivity index (χ1n) is 12.1. The average Bonchev–Trinajstić information content (AvgIpc) is 2.88. The standard InChI is InChI=1S/C32H28ClF3N2/c1-5-10-24(18-21(3)32(34,35)36)31(37,25-14-9-11-20(2)17-25)26-15-16-28-27(19-26)22(4)29(30(33)38-28)23-12-7-6-8-13-23/h5-19H,1,37H2,2-4H3/b21-18+,24-10+. The molecule has 0 aliphatic carbocycles. The van der Waals surface area contributed by atoms with Gasteiger partial charge in [-0.1, -0.05) is 96.6 Å². The largest absolute Gasteiger partial charge is 0.412 e. The molecule has 4 aromatic rings. The van der Waals surface area contributed by atoms with Crippen molar-refractivity contribution in [2.24, 2.45) is 5.73 Å². The number of benzene rings is 3. The lowest BCUT2D eigenvalue weighted by atomic mass is 9.75. The Morgan fingerprint density at radius 1 is 0.947 bits per heavy atom. The first kappa shape index (κ1) is 27.4. The second kappa shape index (κ2) is 10.6. The van der Waals surface area contributed by atoms with Crippen molar-refractivity contribution in [2.75, 3.05) is 0 Å². The summed E-state index contributed by atoms with van der Waals surface area (Å²) in [6, 6.07) is 22.7. The van der Waals surface area contributed by atoms with E-state index in [1.54, 1.807) is 6.07 Å². The molecule has 38 heavy (non-hydrogen) atoms. The summed E-state index contributed by atoms with van der Waals surface area (Å²) in [6.07, 6.45) is -0.423. The van der Waals surface area contributed by atoms with Gasteiger partial charge in [0.25, 0.3) is 0 Å². The van der Waals surface area contributed by atoms with Gasteiger partial charge in [0, 0.05) is 16.5 Å². The van der Waals surface area contributed by atoms with E-state index >= 15 is 0 Å². The predicted molar refractivity (Wildman–Crippen MR) is 151 cm³/mol. The molecule has 2 nitrogen and oxygen atoms in total. The van der Waals surface area contributed by atoms with Crippen LogP contribution in [0.4, 0.5) is 13.2 Å². The highest BCUT2D eigenvalue weighted by atomic mass is 35.5. The van der Waals surface area contributed by atoms with E-state index in [4.69, 9.17) is 17.3 Å². The predicted octanol–water partition coefficient (Wildman–Crippen LogP) is 9.00. The maximum Gasteiger partial charge on any atom is 0.412 e. The minimum absolute atomic E-state index is 0.259. The third kappa shape index (κ3) is 5.17. The summed E-state index contributed by atoms with van der Waals surface area (Å²) < 4.78 is 40.9. The van der Waals surface area contributed by atoms with Gasteiger partial charge in [0.15, 0.2) is 0 Å². The topological polar surface area (TPSA) is 38.9 Å². The molecule has 1 heterocycles. The highest BCUT2D eigenvalue weighted by molar-refractivity contribution is 6.33. The van der Waals surface area contributed by atoms with Crippen molar-refractivity contribution < 1.29 is 13.2 Å². The van der Waals surface area contributed by atoms with Gasteiger partial charge in [0.1, 0.15) is 5.15 Å². The summed E-state index contributed by atoms with van der Waals surface area (Å²) in [7, 11) is 0. The summed E-state index contributed by atoms with van der Waals surface area (Å²) in [5, 5.41) is 1.19. The van der Waals surface area contributed by atoms with E-state index in [0.717, 1.165) is 40.6 Å². The molecular formula is C32H28ClF3N2. The van der Waals surface area contributed by atoms with Crippen molar-refractivity contribution in [1.29, 1.82) is 0 Å². The summed E-state index contributed by atoms with van der Waals surface area (Å²) in [5.41, 5.74) is 10.7. The van der Waals surface area contributed by atoms with Crippen molar-refractivity contribution in [1.82, 2.24) is 4.98 Å². The van der Waals surface area contributed by atoms with Crippen LogP contribution in [0, 0.1) is 13.8 Å². The molecule has 1 unspecified atom stereocenters. The maximum absolute atomic E-state index is 13.6. The zero-order chi connectivity index (χ0) is 27.7. The number of allylic oxidation sites excluding steroid dienone is 3. The normalized spacial score (nSPS) is 14.4. The molecule has 6 heteroatoms. The zero-order valence-electron chi connectivity index (χ0n) is 21.4. The lowest BCUT2D eigenvalue weighted by molar-refractivity contribution is -0.0913. The number of halogens is 4. The highest BCUT2D eigenvalue weighted by Crippen LogP contribution is 2.41. The maximum atomic E-state index is 13.6. The quantitative estimate of drug-likeness (QED) is 0.199. The average molecular weight is 533 g/mol. The number of fused-ring (bicyclic) bond motifs is 1. The van der Waals surface area contributed by atoms with Crippen molar-refractivity contribution in [3.05, 3.63) is 136 Å². The molecule has 0 aliphatic rings. The molecule has 1 atom stereocenters. The van der Waals surface area contributed by atoms with Gasteiger partial charge in [-0.05, 0) is 66.8 Å². The Hall–Kier alpha value is -3.67. The van der Waals surface area contributed by atoms with Gasteiger partial charge in [-0.3, -0.25) is 0 Å². The molecule has 0 radical (unpaired) electrons. The monoisotopic (exact) mass is 532 g/mol. The SMILES string of the molecule is C=C/C=C(\C=C(/C)C(F)(F)F)C(N)(c1cccc(C)c1)c1ccc2nc(Cl)c(-c3ccccc3)c(C)c2c1. The van der Waals surface area contributed by atoms with Crippen molar-refractivity contribution in [3.8, 4) is 11.1 Å². The third-order valence-electron chi connectivity index (χ3n) is 6.76. The van der Waals surface area contributed by atoms with Gasteiger partial charge < -0.3 is 5.73 Å². The van der Waals surface area contributed by atoms with Gasteiger partial charge in [0.05, 0.1) is 11.1 Å². The minimum atomic E-state index is -4.50. The number of aromatic nitrogens is 1. The smallest absolute Gasteiger partial charge is 0.314 e. The molecule has 194 valence electrons. The highest BCUT2D eigenvalue weighted by Gasteiger charge is 2.36. The van der Waals surface area contributed by atoms with Crippen LogP contribution in [-0.2, 0) is 5.54 Å². The fourth-order valence-electron chi connectivity index (χ4n) is 4.70. The van der Waals surface area contributed by atoms with E-state index < -0.39 is 17.3 Å². The van der Waals surface area contributed by atoms with Gasteiger partial charge >= 0.3 is 6.18 Å². The number of hydrogen-bond acceptors (Lipinski definition) is 2. The second-order valence-electron chi connectivity index (χ2n) is 9.36. The van der Waals surface area contributed by atoms with Crippen LogP contribution in [-0.4, -0.2) is 11.2 Å². The van der Waals surface area contributed by atoms with Crippen molar-refractivity contribution in [2.45, 2.75) is 32.5 Å². The van der Waals surface area contributed by atoms with E-state index in [1.807, 2.05) is 80.6 Å². The number of aryl methyl sites for hydroxylation is 2. The first-order chi connectivity index (χ1) is 18.0. The first-order valence-corrected chi connectivity index (χ1v) is 12.4. The molecule has 0 fully saturated rings. The summed E-state index contributed by atoms with van der Waals surface area (Å²) in [5.74, 6) is 0. The Kier molecular flexibility index (Phi) is 7.63. The summed E-state index contributed by atoms with van der Waals surface area (Å²) in [6.45, 7) is 8.65. The van der Waals surface area contributed by atoms with E-state index in [9.17, 15) is 13.2 Å². The van der Waals surface area contributed by atoms with Crippen LogP contribution in [0.15, 0.2) is 109 Å². The van der Waals surface area contributed by atoms with Crippen LogP contribution in [0.2, 0.25) is 5.15 Å². The van der Waals surface area contributed by atoms with Gasteiger partial charge in [-0.15, -0.1) is 0 Å². The molecule has 0 saturated carbocycles. The molecule has 1 aromatic heterocycles. The minimum Gasteiger partial charge on any atom is -0.314 e. The zero-order valence-corrected chi connectivity index (χ0v) is 22.2. The number of alkyl halides is 3. The molecule has 2 N–H and O–H groups in total. The summed E-state index contributed by atoms with van der Waals surface area (Å²) in [4.78, 5) is 4.62. The molecule has 3 aromatic carbocycles. The number of nitrogens with zero attached hydrogens (tertiary/aromatic N) is 1. The number of rotatable bonds is 6. The Balaban J connectivity index is 2.04. The third-order valence-corrected chi connectivity index (χ3v) is 7.04. The number of nitrogens with two attached hydrogens (primary N) is 1. The molecule has 0 bridgehead atoms. The second-order valence-corrected chi connectivity index (χ2v) is 9.72. The Morgan fingerprint density at radius 3 is 2.26 bits per heavy atom. The number of pyridine rings is 1. The fourth-order valence-corrected chi connectivity index (χ4v) is 5.04. The molecule has 4 rings (SSSR count). The molecule has 0 amide bonds. The van der Waals surface area contributed by atoms with Gasteiger partial charge in [-0.25, -0.2) is 4.98 Å². The molecular weight excluding hydrogens is 505 g/mol. The van der Waals surface area contributed by atoms with Gasteiger partial charge in [0.2, 0.25) is 0 Å². The Labute approximate surface area is 226 Å². The molecule has 0 aliphatic heterocycles. The Morgan fingerprint density at radius 2 is 1.63 bits per heavy atom. The lowest BCUT2D eigenvalue weighted by Gasteiger charge is -2.33. The van der Waals surface area contributed by atoms with Crippen LogP contribution in [0.5, 0.6) is 0 Å². The van der Waals surface area contributed by atoms with Crippen LogP contribution in [0.3, 0.4) is 0 Å². The van der Waals surface area contributed by atoms with Crippen molar-refractivity contribution in [3.63, 3.8) is 0 Å². The molecule has 0 saturated heterocycles. The van der Waals surface area contributed by atoms with Gasteiger partial charge in [-0.2, -0.15) is 13.2 Å². The van der Waals surface area contributed by atoms with Crippen LogP contribution < -0.4 is 5.73 Å². The summed E-state index contributed by atoms with van der Waals surface area (Å²) >= 11 is 6.61. The fraction of sp³-hybridized carbons (Fsp3) is 0.156. The van der Waals surface area contributed by atoms with Crippen LogP contribution in [0.1, 0.15) is 29.2 Å². The van der Waals surface area contributed by atoms with E-state index in [1.165, 1.54) is 12.2 Å². The molecule has 0 spiro atoms. The Bertz CT molecular complexity index is 1570. The van der Waals surface area contributed by atoms with Crippen LogP contribution >= 0.6 is 11.6 Å². The number of hydrogen-bond donors (Lipinski definition) is 1. The van der Waals surface area contributed by atoms with E-state index in [2.05, 4.69) is 11.6 Å². The van der Waals surface area contributed by atoms with E-state index in [-0.39, 0.29) is 5.57 Å². The van der Waals surface area contributed by atoms with Crippen molar-refractivity contribution >= 4 is 22.5 Å². The van der Waals surface area contributed by atoms with Crippen LogP contribution in [0.25, 0.3) is 22.0 Å². The van der Waals surface area contributed by atoms with E-state index in [0.29, 0.717) is 21.8 Å².